The maximum absolute atomic E-state index is 12.6. The van der Waals surface area contributed by atoms with Crippen LogP contribution in [0.1, 0.15) is 34.8 Å². The molecule has 3 nitrogen and oxygen atoms in total. The van der Waals surface area contributed by atoms with Crippen molar-refractivity contribution in [2.24, 2.45) is 5.92 Å². The molecule has 2 aromatic heterocycles. The number of nitrogens with zero attached hydrogens (tertiary/aromatic N) is 1. The zero-order valence-corrected chi connectivity index (χ0v) is 15.3. The van der Waals surface area contributed by atoms with Crippen LogP contribution in [0.25, 0.3) is 10.2 Å². The SMILES string of the molecule is Cc1cc2c(cc(C(=O)NCC(C)C)n2CCc2ccccc2)s1. The fourth-order valence-electron chi connectivity index (χ4n) is 2.87. The molecule has 0 aliphatic heterocycles. The maximum atomic E-state index is 12.6. The Morgan fingerprint density at radius 2 is 1.96 bits per heavy atom. The van der Waals surface area contributed by atoms with E-state index in [1.165, 1.54) is 20.7 Å². The number of fused-ring (bicyclic) bond motifs is 1. The number of nitrogens with one attached hydrogen (secondary N) is 1. The minimum absolute atomic E-state index is 0.0258. The van der Waals surface area contributed by atoms with E-state index < -0.39 is 0 Å². The second-order valence-electron chi connectivity index (χ2n) is 6.63. The van der Waals surface area contributed by atoms with Crippen LogP contribution in [0.4, 0.5) is 0 Å². The second-order valence-corrected chi connectivity index (χ2v) is 7.92. The highest BCUT2D eigenvalue weighted by Crippen LogP contribution is 2.29. The van der Waals surface area contributed by atoms with Crippen LogP contribution in [0.15, 0.2) is 42.5 Å². The monoisotopic (exact) mass is 340 g/mol. The average molecular weight is 340 g/mol. The van der Waals surface area contributed by atoms with Crippen molar-refractivity contribution in [3.05, 3.63) is 58.6 Å². The molecule has 0 spiro atoms. The van der Waals surface area contributed by atoms with Crippen molar-refractivity contribution in [3.8, 4) is 0 Å². The zero-order chi connectivity index (χ0) is 17.1. The summed E-state index contributed by atoms with van der Waals surface area (Å²) in [7, 11) is 0. The van der Waals surface area contributed by atoms with Gasteiger partial charge in [-0.25, -0.2) is 0 Å². The Morgan fingerprint density at radius 1 is 1.21 bits per heavy atom. The van der Waals surface area contributed by atoms with Crippen LogP contribution < -0.4 is 5.32 Å². The summed E-state index contributed by atoms with van der Waals surface area (Å²) in [5.41, 5.74) is 3.23. The molecule has 0 atom stereocenters. The topological polar surface area (TPSA) is 34.0 Å². The first-order valence-corrected chi connectivity index (χ1v) is 9.28. The Bertz CT molecular complexity index is 830. The molecule has 24 heavy (non-hydrogen) atoms. The Morgan fingerprint density at radius 3 is 2.67 bits per heavy atom. The number of thiophene rings is 1. The van der Waals surface area contributed by atoms with E-state index in [0.29, 0.717) is 12.5 Å². The lowest BCUT2D eigenvalue weighted by molar-refractivity contribution is 0.0940. The molecule has 0 saturated carbocycles. The Kier molecular flexibility index (Phi) is 5.05. The first kappa shape index (κ1) is 16.8. The van der Waals surface area contributed by atoms with E-state index in [2.05, 4.69) is 61.0 Å². The lowest BCUT2D eigenvalue weighted by Gasteiger charge is -2.12. The summed E-state index contributed by atoms with van der Waals surface area (Å²) in [6, 6.07) is 14.6. The lowest BCUT2D eigenvalue weighted by Crippen LogP contribution is -2.29. The maximum Gasteiger partial charge on any atom is 0.267 e. The molecule has 1 amide bonds. The molecule has 126 valence electrons. The van der Waals surface area contributed by atoms with Crippen molar-refractivity contribution in [1.29, 1.82) is 0 Å². The molecule has 0 aliphatic carbocycles. The second kappa shape index (κ2) is 7.22. The Hall–Kier alpha value is -2.07. The predicted octanol–water partition coefficient (Wildman–Crippen LogP) is 4.64. The van der Waals surface area contributed by atoms with E-state index in [-0.39, 0.29) is 5.91 Å². The summed E-state index contributed by atoms with van der Waals surface area (Å²) in [6.45, 7) is 7.85. The third-order valence-electron chi connectivity index (χ3n) is 4.08. The number of aromatic nitrogens is 1. The van der Waals surface area contributed by atoms with Gasteiger partial charge < -0.3 is 9.88 Å². The highest BCUT2D eigenvalue weighted by atomic mass is 32.1. The van der Waals surface area contributed by atoms with E-state index in [1.54, 1.807) is 11.3 Å². The van der Waals surface area contributed by atoms with Crippen LogP contribution in [-0.2, 0) is 13.0 Å². The van der Waals surface area contributed by atoms with Gasteiger partial charge in [0.25, 0.3) is 5.91 Å². The van der Waals surface area contributed by atoms with Gasteiger partial charge in [0.1, 0.15) is 5.69 Å². The van der Waals surface area contributed by atoms with Crippen molar-refractivity contribution in [2.75, 3.05) is 6.54 Å². The number of hydrogen-bond acceptors (Lipinski definition) is 2. The molecule has 0 fully saturated rings. The van der Waals surface area contributed by atoms with Crippen molar-refractivity contribution in [1.82, 2.24) is 9.88 Å². The van der Waals surface area contributed by atoms with Gasteiger partial charge >= 0.3 is 0 Å². The van der Waals surface area contributed by atoms with Crippen LogP contribution in [0.3, 0.4) is 0 Å². The summed E-state index contributed by atoms with van der Waals surface area (Å²) in [5.74, 6) is 0.475. The Balaban J connectivity index is 1.87. The van der Waals surface area contributed by atoms with Crippen LogP contribution in [0.2, 0.25) is 0 Å². The fourth-order valence-corrected chi connectivity index (χ4v) is 3.83. The lowest BCUT2D eigenvalue weighted by atomic mass is 10.1. The van der Waals surface area contributed by atoms with Crippen molar-refractivity contribution in [2.45, 2.75) is 33.7 Å². The van der Waals surface area contributed by atoms with E-state index >= 15 is 0 Å². The number of amides is 1. The molecule has 0 saturated heterocycles. The summed E-state index contributed by atoms with van der Waals surface area (Å²) in [6.07, 6.45) is 0.921. The minimum Gasteiger partial charge on any atom is -0.351 e. The number of benzene rings is 1. The number of carbonyl (C=O) groups excluding carboxylic acids is 1. The molecular weight excluding hydrogens is 316 g/mol. The normalized spacial score (nSPS) is 11.3. The average Bonchev–Trinajstić information content (AvgIpc) is 3.08. The van der Waals surface area contributed by atoms with Crippen LogP contribution in [-0.4, -0.2) is 17.0 Å². The summed E-state index contributed by atoms with van der Waals surface area (Å²) >= 11 is 1.75. The minimum atomic E-state index is 0.0258. The van der Waals surface area contributed by atoms with Gasteiger partial charge in [0.05, 0.1) is 10.2 Å². The molecule has 0 bridgehead atoms. The predicted molar refractivity (Wildman–Crippen MR) is 102 cm³/mol. The molecule has 4 heteroatoms. The largest absolute Gasteiger partial charge is 0.351 e. The molecule has 1 N–H and O–H groups in total. The summed E-state index contributed by atoms with van der Waals surface area (Å²) in [4.78, 5) is 13.9. The van der Waals surface area contributed by atoms with Gasteiger partial charge in [0.15, 0.2) is 0 Å². The zero-order valence-electron chi connectivity index (χ0n) is 14.5. The quantitative estimate of drug-likeness (QED) is 0.697. The highest BCUT2D eigenvalue weighted by Gasteiger charge is 2.17. The number of rotatable bonds is 6. The van der Waals surface area contributed by atoms with Gasteiger partial charge in [-0.05, 0) is 37.0 Å². The highest BCUT2D eigenvalue weighted by molar-refractivity contribution is 7.19. The van der Waals surface area contributed by atoms with Crippen LogP contribution in [0, 0.1) is 12.8 Å². The van der Waals surface area contributed by atoms with Gasteiger partial charge in [-0.2, -0.15) is 0 Å². The van der Waals surface area contributed by atoms with Crippen LogP contribution in [0.5, 0.6) is 0 Å². The molecule has 3 rings (SSSR count). The van der Waals surface area contributed by atoms with Gasteiger partial charge in [0.2, 0.25) is 0 Å². The Labute approximate surface area is 147 Å². The summed E-state index contributed by atoms with van der Waals surface area (Å²) in [5, 5.41) is 3.05. The molecule has 1 aromatic carbocycles. The van der Waals surface area contributed by atoms with Gasteiger partial charge in [-0.3, -0.25) is 4.79 Å². The standard InChI is InChI=1S/C20H24N2OS/c1-14(2)13-21-20(23)18-12-19-17(11-15(3)24-19)22(18)10-9-16-7-5-4-6-8-16/h4-8,11-12,14H,9-10,13H2,1-3H3,(H,21,23). The third-order valence-corrected chi connectivity index (χ3v) is 5.07. The molecule has 0 unspecified atom stereocenters. The summed E-state index contributed by atoms with van der Waals surface area (Å²) < 4.78 is 3.36. The van der Waals surface area contributed by atoms with E-state index in [1.807, 2.05) is 12.1 Å². The smallest absolute Gasteiger partial charge is 0.267 e. The number of carbonyl (C=O) groups is 1. The third kappa shape index (κ3) is 3.70. The van der Waals surface area contributed by atoms with Gasteiger partial charge in [-0.1, -0.05) is 44.2 Å². The molecule has 3 aromatic rings. The van der Waals surface area contributed by atoms with E-state index in [9.17, 15) is 4.79 Å². The van der Waals surface area contributed by atoms with Crippen LogP contribution >= 0.6 is 11.3 Å². The molecule has 0 radical (unpaired) electrons. The molecular formula is C20H24N2OS. The number of hydrogen-bond donors (Lipinski definition) is 1. The first-order chi connectivity index (χ1) is 11.5. The van der Waals surface area contributed by atoms with Crippen molar-refractivity contribution in [3.63, 3.8) is 0 Å². The van der Waals surface area contributed by atoms with Gasteiger partial charge in [0, 0.05) is 18.0 Å². The number of aryl methyl sites for hydroxylation is 3. The fraction of sp³-hybridized carbons (Fsp3) is 0.350. The van der Waals surface area contributed by atoms with Crippen molar-refractivity contribution < 1.29 is 4.79 Å². The van der Waals surface area contributed by atoms with Gasteiger partial charge in [-0.15, -0.1) is 11.3 Å². The molecule has 0 aliphatic rings. The van der Waals surface area contributed by atoms with Crippen molar-refractivity contribution >= 4 is 27.5 Å². The first-order valence-electron chi connectivity index (χ1n) is 8.46. The van der Waals surface area contributed by atoms with E-state index in [4.69, 9.17) is 0 Å². The molecule has 2 heterocycles. The van der Waals surface area contributed by atoms with E-state index in [0.717, 1.165) is 18.7 Å².